The first-order valence-corrected chi connectivity index (χ1v) is 14.4. The molecule has 17 nitrogen and oxygen atoms in total. The minimum Gasteiger partial charge on any atom is -0.382 e. The number of nitrogen functional groups attached to an aromatic ring is 2. The number of fused-ring (bicyclic) bond motifs is 2. The van der Waals surface area contributed by atoms with Crippen LogP contribution in [0.2, 0.25) is 0 Å². The lowest BCUT2D eigenvalue weighted by Crippen LogP contribution is -2.18. The zero-order chi connectivity index (χ0) is 26.8. The van der Waals surface area contributed by atoms with Crippen LogP contribution in [0.25, 0.3) is 22.3 Å². The van der Waals surface area contributed by atoms with Crippen LogP contribution in [0.5, 0.6) is 0 Å². The SMILES string of the molecule is C[C@H](Cn1cnc2c(N)ncnc21)OCP(=O)(O)OP(=O)(O)CO[C@@H](C)Cn1cnc2c(N)ncnc21. The number of imidazole rings is 2. The maximum atomic E-state index is 12.4. The summed E-state index contributed by atoms with van der Waals surface area (Å²) in [5.74, 6) is 0.440. The quantitative estimate of drug-likeness (QED) is 0.177. The molecule has 0 bridgehead atoms. The van der Waals surface area contributed by atoms with Crippen molar-refractivity contribution in [2.75, 3.05) is 24.2 Å². The van der Waals surface area contributed by atoms with Crippen LogP contribution in [0.15, 0.2) is 25.3 Å². The zero-order valence-corrected chi connectivity index (χ0v) is 21.6. The average molecular weight is 556 g/mol. The third-order valence-corrected chi connectivity index (χ3v) is 8.06. The van der Waals surface area contributed by atoms with Gasteiger partial charge in [-0.1, -0.05) is 0 Å². The second kappa shape index (κ2) is 10.8. The summed E-state index contributed by atoms with van der Waals surface area (Å²) >= 11 is 0. The van der Waals surface area contributed by atoms with Gasteiger partial charge in [0.1, 0.15) is 36.4 Å². The standard InChI is InChI=1S/C18H26N10O7P2/c1-11(3-27-7-25-13-15(19)21-5-23-17(13)27)33-9-36(29,30)35-37(31,32)10-34-12(2)4-28-8-26-14-16(20)22-6-24-18(14)28/h5-8,11-12H,3-4,9-10H2,1-2H3,(H,29,30)(H,31,32)(H2,19,21,23)(H2,20,22,24)/t11-,12+. The Bertz CT molecular complexity index is 1380. The van der Waals surface area contributed by atoms with Crippen molar-refractivity contribution in [3.63, 3.8) is 0 Å². The van der Waals surface area contributed by atoms with E-state index in [1.807, 2.05) is 0 Å². The molecule has 4 rings (SSSR count). The molecular weight excluding hydrogens is 530 g/mol. The van der Waals surface area contributed by atoms with Gasteiger partial charge in [-0.3, -0.25) is 9.13 Å². The maximum absolute atomic E-state index is 12.4. The van der Waals surface area contributed by atoms with E-state index in [9.17, 15) is 18.9 Å². The average Bonchev–Trinajstić information content (AvgIpc) is 3.42. The molecule has 6 N–H and O–H groups in total. The monoisotopic (exact) mass is 556 g/mol. The first-order chi connectivity index (χ1) is 17.4. The fraction of sp³-hybridized carbons (Fsp3) is 0.444. The molecule has 200 valence electrons. The number of hydrogen-bond acceptors (Lipinski definition) is 13. The van der Waals surface area contributed by atoms with Gasteiger partial charge in [-0.2, -0.15) is 0 Å². The van der Waals surface area contributed by atoms with Gasteiger partial charge in [0, 0.05) is 0 Å². The van der Waals surface area contributed by atoms with Gasteiger partial charge >= 0.3 is 15.2 Å². The summed E-state index contributed by atoms with van der Waals surface area (Å²) in [6.07, 6.45) is 2.71. The fourth-order valence-corrected chi connectivity index (χ4v) is 6.27. The lowest BCUT2D eigenvalue weighted by Gasteiger charge is -2.21. The highest BCUT2D eigenvalue weighted by molar-refractivity contribution is 7.66. The number of hydrogen-bond donors (Lipinski definition) is 4. The van der Waals surface area contributed by atoms with Gasteiger partial charge in [-0.25, -0.2) is 34.2 Å². The van der Waals surface area contributed by atoms with Gasteiger partial charge in [0.25, 0.3) is 0 Å². The number of anilines is 2. The van der Waals surface area contributed by atoms with Gasteiger partial charge in [0.05, 0.1) is 38.0 Å². The summed E-state index contributed by atoms with van der Waals surface area (Å²) in [4.78, 5) is 44.4. The molecule has 0 aromatic carbocycles. The van der Waals surface area contributed by atoms with Crippen molar-refractivity contribution in [3.05, 3.63) is 25.3 Å². The van der Waals surface area contributed by atoms with E-state index in [-0.39, 0.29) is 24.7 Å². The van der Waals surface area contributed by atoms with E-state index < -0.39 is 40.1 Å². The van der Waals surface area contributed by atoms with Crippen LogP contribution in [-0.4, -0.2) is 73.7 Å². The summed E-state index contributed by atoms with van der Waals surface area (Å²) in [6, 6.07) is 0. The largest absolute Gasteiger partial charge is 0.382 e. The lowest BCUT2D eigenvalue weighted by atomic mass is 10.4. The molecule has 4 aromatic rings. The van der Waals surface area contributed by atoms with Crippen molar-refractivity contribution in [1.29, 1.82) is 0 Å². The molecule has 0 fully saturated rings. The molecule has 0 saturated carbocycles. The third-order valence-electron chi connectivity index (χ3n) is 5.07. The van der Waals surface area contributed by atoms with Crippen molar-refractivity contribution >= 4 is 49.2 Å². The van der Waals surface area contributed by atoms with E-state index >= 15 is 0 Å². The van der Waals surface area contributed by atoms with E-state index in [2.05, 4.69) is 34.2 Å². The highest BCUT2D eigenvalue weighted by atomic mass is 31.3. The Hall–Kier alpha value is -3.04. The molecule has 37 heavy (non-hydrogen) atoms. The van der Waals surface area contributed by atoms with Crippen molar-refractivity contribution in [2.24, 2.45) is 0 Å². The van der Waals surface area contributed by atoms with Crippen LogP contribution < -0.4 is 11.5 Å². The smallest absolute Gasteiger partial charge is 0.360 e. The molecule has 0 saturated heterocycles. The first kappa shape index (κ1) is 27.0. The second-order valence-corrected chi connectivity index (χ2v) is 11.9. The topological polar surface area (TPSA) is 242 Å². The zero-order valence-electron chi connectivity index (χ0n) is 19.9. The van der Waals surface area contributed by atoms with Crippen LogP contribution in [0.1, 0.15) is 13.8 Å². The Labute approximate surface area is 209 Å². The van der Waals surface area contributed by atoms with Crippen LogP contribution in [0.4, 0.5) is 11.6 Å². The molecule has 4 aromatic heterocycles. The Morgan fingerprint density at radius 3 is 1.59 bits per heavy atom. The molecule has 0 aliphatic carbocycles. The van der Waals surface area contributed by atoms with Crippen LogP contribution in [0, 0.1) is 0 Å². The molecule has 19 heteroatoms. The Morgan fingerprint density at radius 2 is 1.19 bits per heavy atom. The van der Waals surface area contributed by atoms with Crippen molar-refractivity contribution < 1.29 is 32.7 Å². The highest BCUT2D eigenvalue weighted by Gasteiger charge is 2.34. The van der Waals surface area contributed by atoms with Crippen molar-refractivity contribution in [1.82, 2.24) is 39.0 Å². The Morgan fingerprint density at radius 1 is 0.784 bits per heavy atom. The van der Waals surface area contributed by atoms with Gasteiger partial charge < -0.3 is 39.9 Å². The Balaban J connectivity index is 1.26. The molecule has 0 aliphatic rings. The fourth-order valence-electron chi connectivity index (χ4n) is 3.41. The van der Waals surface area contributed by atoms with Crippen LogP contribution >= 0.6 is 15.2 Å². The van der Waals surface area contributed by atoms with E-state index in [1.54, 1.807) is 23.0 Å². The number of rotatable bonds is 12. The summed E-state index contributed by atoms with van der Waals surface area (Å²) in [7, 11) is -9.20. The molecule has 0 spiro atoms. The normalized spacial score (nSPS) is 17.0. The summed E-state index contributed by atoms with van der Waals surface area (Å²) in [5, 5.41) is 0. The second-order valence-electron chi connectivity index (χ2n) is 8.23. The number of ether oxygens (including phenoxy) is 2. The highest BCUT2D eigenvalue weighted by Crippen LogP contribution is 2.59. The minimum atomic E-state index is -4.60. The molecule has 0 amide bonds. The molecule has 0 aliphatic heterocycles. The van der Waals surface area contributed by atoms with Gasteiger partial charge in [0.15, 0.2) is 22.9 Å². The molecule has 2 unspecified atom stereocenters. The van der Waals surface area contributed by atoms with Crippen LogP contribution in [-0.2, 0) is 36.0 Å². The predicted octanol–water partition coefficient (Wildman–Crippen LogP) is 0.943. The molecule has 4 atom stereocenters. The summed E-state index contributed by atoms with van der Waals surface area (Å²) in [5.41, 5.74) is 13.3. The predicted molar refractivity (Wildman–Crippen MR) is 131 cm³/mol. The maximum Gasteiger partial charge on any atom is 0.360 e. The van der Waals surface area contributed by atoms with Crippen LogP contribution in [0.3, 0.4) is 0 Å². The molecular formula is C18H26N10O7P2. The van der Waals surface area contributed by atoms with E-state index in [0.29, 0.717) is 22.3 Å². The summed E-state index contributed by atoms with van der Waals surface area (Å²) < 4.78 is 43.5. The van der Waals surface area contributed by atoms with E-state index in [1.165, 1.54) is 25.3 Å². The Kier molecular flexibility index (Phi) is 7.85. The van der Waals surface area contributed by atoms with Gasteiger partial charge in [0.2, 0.25) is 0 Å². The third kappa shape index (κ3) is 6.64. The first-order valence-electron chi connectivity index (χ1n) is 10.8. The van der Waals surface area contributed by atoms with E-state index in [0.717, 1.165) is 0 Å². The summed E-state index contributed by atoms with van der Waals surface area (Å²) in [6.45, 7) is 3.70. The van der Waals surface area contributed by atoms with Gasteiger partial charge in [-0.15, -0.1) is 0 Å². The number of nitrogens with zero attached hydrogens (tertiary/aromatic N) is 8. The minimum absolute atomic E-state index is 0.212. The number of nitrogens with two attached hydrogens (primary N) is 2. The number of aromatic nitrogens is 8. The van der Waals surface area contributed by atoms with E-state index in [4.69, 9.17) is 20.9 Å². The lowest BCUT2D eigenvalue weighted by molar-refractivity contribution is 0.0695. The van der Waals surface area contributed by atoms with Gasteiger partial charge in [-0.05, 0) is 13.8 Å². The molecule has 0 radical (unpaired) electrons. The van der Waals surface area contributed by atoms with Crippen molar-refractivity contribution in [3.8, 4) is 0 Å². The van der Waals surface area contributed by atoms with Crippen molar-refractivity contribution in [2.45, 2.75) is 39.1 Å². The molecule has 4 heterocycles.